The zero-order valence-corrected chi connectivity index (χ0v) is 10.8. The van der Waals surface area contributed by atoms with Crippen molar-refractivity contribution in [2.75, 3.05) is 13.2 Å². The number of nitrogens with one attached hydrogen (secondary N) is 2. The molecular formula is C14H18N2O3. The third-order valence-corrected chi connectivity index (χ3v) is 3.44. The van der Waals surface area contributed by atoms with Crippen LogP contribution in [-0.2, 0) is 0 Å². The van der Waals surface area contributed by atoms with Crippen LogP contribution < -0.4 is 5.32 Å². The van der Waals surface area contributed by atoms with Crippen LogP contribution in [0.15, 0.2) is 30.3 Å². The van der Waals surface area contributed by atoms with Gasteiger partial charge in [-0.3, -0.25) is 4.79 Å². The molecule has 1 aromatic heterocycles. The minimum atomic E-state index is -0.978. The van der Waals surface area contributed by atoms with Gasteiger partial charge in [-0.15, -0.1) is 0 Å². The van der Waals surface area contributed by atoms with E-state index in [0.717, 1.165) is 10.9 Å². The number of rotatable bonds is 5. The molecule has 1 heterocycles. The van der Waals surface area contributed by atoms with Crippen molar-refractivity contribution in [3.05, 3.63) is 36.0 Å². The summed E-state index contributed by atoms with van der Waals surface area (Å²) < 4.78 is 0. The minimum Gasteiger partial charge on any atom is -0.394 e. The molecule has 0 saturated carbocycles. The van der Waals surface area contributed by atoms with Gasteiger partial charge >= 0.3 is 0 Å². The Morgan fingerprint density at radius 1 is 1.32 bits per heavy atom. The second-order valence-electron chi connectivity index (χ2n) is 4.67. The highest BCUT2D eigenvalue weighted by Gasteiger charge is 2.29. The van der Waals surface area contributed by atoms with Crippen LogP contribution in [-0.4, -0.2) is 39.9 Å². The lowest BCUT2D eigenvalue weighted by Crippen LogP contribution is -2.53. The molecule has 0 fully saturated rings. The third-order valence-electron chi connectivity index (χ3n) is 3.44. The first kappa shape index (κ1) is 13.6. The average molecular weight is 262 g/mol. The van der Waals surface area contributed by atoms with Gasteiger partial charge in [-0.2, -0.15) is 0 Å². The van der Waals surface area contributed by atoms with Crippen molar-refractivity contribution in [2.24, 2.45) is 0 Å². The molecule has 0 radical (unpaired) electrons. The Morgan fingerprint density at radius 3 is 2.58 bits per heavy atom. The number of aromatic nitrogens is 1. The van der Waals surface area contributed by atoms with Crippen LogP contribution >= 0.6 is 0 Å². The Bertz CT molecular complexity index is 532. The molecule has 2 rings (SSSR count). The second-order valence-corrected chi connectivity index (χ2v) is 4.67. The number of aliphatic hydroxyl groups excluding tert-OH is 2. The van der Waals surface area contributed by atoms with E-state index in [1.165, 1.54) is 0 Å². The van der Waals surface area contributed by atoms with Gasteiger partial charge in [-0.1, -0.05) is 25.1 Å². The van der Waals surface area contributed by atoms with Gasteiger partial charge in [-0.25, -0.2) is 0 Å². The number of benzene rings is 1. The molecule has 0 unspecified atom stereocenters. The normalized spacial score (nSPS) is 11.7. The van der Waals surface area contributed by atoms with Gasteiger partial charge in [0.05, 0.1) is 18.8 Å². The molecule has 1 amide bonds. The molecule has 0 spiro atoms. The fourth-order valence-corrected chi connectivity index (χ4v) is 1.94. The largest absolute Gasteiger partial charge is 0.394 e. The summed E-state index contributed by atoms with van der Waals surface area (Å²) in [4.78, 5) is 15.2. The first-order valence-electron chi connectivity index (χ1n) is 6.26. The number of amides is 1. The van der Waals surface area contributed by atoms with Crippen molar-refractivity contribution in [1.29, 1.82) is 0 Å². The van der Waals surface area contributed by atoms with Gasteiger partial charge in [0.15, 0.2) is 0 Å². The molecule has 0 saturated heterocycles. The highest BCUT2D eigenvalue weighted by Crippen LogP contribution is 2.16. The molecule has 1 aromatic carbocycles. The molecule has 5 nitrogen and oxygen atoms in total. The van der Waals surface area contributed by atoms with E-state index in [4.69, 9.17) is 0 Å². The maximum absolute atomic E-state index is 12.1. The van der Waals surface area contributed by atoms with Gasteiger partial charge in [0.1, 0.15) is 5.69 Å². The first-order chi connectivity index (χ1) is 9.14. The van der Waals surface area contributed by atoms with E-state index < -0.39 is 5.54 Å². The van der Waals surface area contributed by atoms with Crippen LogP contribution in [0.1, 0.15) is 23.8 Å². The number of hydrogen-bond acceptors (Lipinski definition) is 3. The van der Waals surface area contributed by atoms with E-state index >= 15 is 0 Å². The van der Waals surface area contributed by atoms with Crippen molar-refractivity contribution < 1.29 is 15.0 Å². The summed E-state index contributed by atoms with van der Waals surface area (Å²) in [5, 5.41) is 22.3. The lowest BCUT2D eigenvalue weighted by Gasteiger charge is -2.29. The second kappa shape index (κ2) is 5.42. The van der Waals surface area contributed by atoms with Crippen LogP contribution in [0.25, 0.3) is 10.9 Å². The summed E-state index contributed by atoms with van der Waals surface area (Å²) in [6.45, 7) is 1.20. The van der Waals surface area contributed by atoms with Crippen LogP contribution in [0, 0.1) is 0 Å². The van der Waals surface area contributed by atoms with Crippen molar-refractivity contribution in [3.63, 3.8) is 0 Å². The quantitative estimate of drug-likeness (QED) is 0.649. The summed E-state index contributed by atoms with van der Waals surface area (Å²) >= 11 is 0. The maximum Gasteiger partial charge on any atom is 0.268 e. The summed E-state index contributed by atoms with van der Waals surface area (Å²) in [7, 11) is 0. The van der Waals surface area contributed by atoms with Crippen molar-refractivity contribution >= 4 is 16.8 Å². The minimum absolute atomic E-state index is 0.300. The zero-order chi connectivity index (χ0) is 13.9. The molecule has 0 aliphatic carbocycles. The molecule has 0 bridgehead atoms. The predicted molar refractivity (Wildman–Crippen MR) is 73.0 cm³/mol. The SMILES string of the molecule is CCC(CO)(CO)NC(=O)c1cc2ccccc2[nH]1. The Morgan fingerprint density at radius 2 is 2.00 bits per heavy atom. The van der Waals surface area contributed by atoms with Crippen molar-refractivity contribution in [2.45, 2.75) is 18.9 Å². The fourth-order valence-electron chi connectivity index (χ4n) is 1.94. The molecule has 0 aliphatic rings. The van der Waals surface area contributed by atoms with Crippen LogP contribution in [0.3, 0.4) is 0 Å². The van der Waals surface area contributed by atoms with Crippen LogP contribution in [0.5, 0.6) is 0 Å². The standard InChI is InChI=1S/C14H18N2O3/c1-2-14(8-17,9-18)16-13(19)12-7-10-5-3-4-6-11(10)15-12/h3-7,15,17-18H,2,8-9H2,1H3,(H,16,19). The van der Waals surface area contributed by atoms with Gasteiger partial charge in [-0.05, 0) is 18.6 Å². The Hall–Kier alpha value is -1.85. The van der Waals surface area contributed by atoms with E-state index in [-0.39, 0.29) is 19.1 Å². The lowest BCUT2D eigenvalue weighted by molar-refractivity contribution is 0.0650. The number of aromatic amines is 1. The van der Waals surface area contributed by atoms with Gasteiger partial charge in [0.25, 0.3) is 5.91 Å². The highest BCUT2D eigenvalue weighted by molar-refractivity contribution is 5.98. The van der Waals surface area contributed by atoms with E-state index in [1.54, 1.807) is 13.0 Å². The highest BCUT2D eigenvalue weighted by atomic mass is 16.3. The van der Waals surface area contributed by atoms with Crippen molar-refractivity contribution in [1.82, 2.24) is 10.3 Å². The van der Waals surface area contributed by atoms with Crippen LogP contribution in [0.2, 0.25) is 0 Å². The Balaban J connectivity index is 2.24. The number of aliphatic hydroxyl groups is 2. The zero-order valence-electron chi connectivity index (χ0n) is 10.8. The number of hydrogen-bond donors (Lipinski definition) is 4. The lowest BCUT2D eigenvalue weighted by atomic mass is 9.98. The molecule has 102 valence electrons. The molecular weight excluding hydrogens is 244 g/mol. The summed E-state index contributed by atoms with van der Waals surface area (Å²) in [6, 6.07) is 9.33. The molecule has 2 aromatic rings. The molecule has 19 heavy (non-hydrogen) atoms. The number of H-pyrrole nitrogens is 1. The topological polar surface area (TPSA) is 85.3 Å². The molecule has 5 heteroatoms. The van der Waals surface area contributed by atoms with E-state index in [9.17, 15) is 15.0 Å². The van der Waals surface area contributed by atoms with Gasteiger partial charge in [0.2, 0.25) is 0 Å². The average Bonchev–Trinajstić information content (AvgIpc) is 2.89. The number of carbonyl (C=O) groups excluding carboxylic acids is 1. The van der Waals surface area contributed by atoms with Crippen LogP contribution in [0.4, 0.5) is 0 Å². The first-order valence-corrected chi connectivity index (χ1v) is 6.26. The number of para-hydroxylation sites is 1. The maximum atomic E-state index is 12.1. The van der Waals surface area contributed by atoms with E-state index in [2.05, 4.69) is 10.3 Å². The number of fused-ring (bicyclic) bond motifs is 1. The monoisotopic (exact) mass is 262 g/mol. The van der Waals surface area contributed by atoms with Gasteiger partial charge < -0.3 is 20.5 Å². The third kappa shape index (κ3) is 2.62. The van der Waals surface area contributed by atoms with Gasteiger partial charge in [0, 0.05) is 10.9 Å². The fraction of sp³-hybridized carbons (Fsp3) is 0.357. The number of carbonyl (C=O) groups is 1. The Kier molecular flexibility index (Phi) is 3.87. The summed E-state index contributed by atoms with van der Waals surface area (Å²) in [5.74, 6) is -0.332. The predicted octanol–water partition coefficient (Wildman–Crippen LogP) is 1.03. The van der Waals surface area contributed by atoms with E-state index in [1.807, 2.05) is 24.3 Å². The molecule has 0 atom stereocenters. The smallest absolute Gasteiger partial charge is 0.268 e. The molecule has 0 aliphatic heterocycles. The summed E-state index contributed by atoms with van der Waals surface area (Å²) in [5.41, 5.74) is 0.317. The van der Waals surface area contributed by atoms with Crippen molar-refractivity contribution in [3.8, 4) is 0 Å². The summed E-state index contributed by atoms with van der Waals surface area (Å²) in [6.07, 6.45) is 0.450. The Labute approximate surface area is 111 Å². The van der Waals surface area contributed by atoms with E-state index in [0.29, 0.717) is 12.1 Å². The molecule has 4 N–H and O–H groups in total.